The molecular formula is C31H36FN9. The van der Waals surface area contributed by atoms with Crippen LogP contribution in [0, 0.1) is 12.7 Å². The monoisotopic (exact) mass is 553 g/mol. The van der Waals surface area contributed by atoms with E-state index in [1.807, 2.05) is 31.6 Å². The maximum absolute atomic E-state index is 15.5. The molecule has 6 heterocycles. The summed E-state index contributed by atoms with van der Waals surface area (Å²) in [7, 11) is 4.31. The van der Waals surface area contributed by atoms with Crippen LogP contribution in [-0.2, 0) is 0 Å². The van der Waals surface area contributed by atoms with Crippen LogP contribution in [0.3, 0.4) is 0 Å². The number of likely N-dealkylation sites (N-methyl/N-ethyl adjacent to an activating group) is 1. The predicted molar refractivity (Wildman–Crippen MR) is 163 cm³/mol. The largest absolute Gasteiger partial charge is 0.354 e. The second-order valence-corrected chi connectivity index (χ2v) is 11.5. The number of H-pyrrole nitrogens is 1. The molecule has 0 amide bonds. The molecule has 2 N–H and O–H groups in total. The maximum atomic E-state index is 15.5. The Labute approximate surface area is 239 Å². The van der Waals surface area contributed by atoms with E-state index in [2.05, 4.69) is 76.8 Å². The van der Waals surface area contributed by atoms with Crippen molar-refractivity contribution in [2.24, 2.45) is 0 Å². The number of fused-ring (bicyclic) bond motifs is 2. The lowest BCUT2D eigenvalue weighted by Gasteiger charge is -2.33. The average molecular weight is 554 g/mol. The first-order valence-electron chi connectivity index (χ1n) is 14.4. The van der Waals surface area contributed by atoms with E-state index in [0.717, 1.165) is 103 Å². The Morgan fingerprint density at radius 1 is 0.927 bits per heavy atom. The molecule has 4 aromatic heterocycles. The molecule has 5 aromatic rings. The van der Waals surface area contributed by atoms with Crippen LogP contribution in [0.1, 0.15) is 24.7 Å². The fourth-order valence-electron chi connectivity index (χ4n) is 6.32. The minimum absolute atomic E-state index is 0.294. The van der Waals surface area contributed by atoms with Gasteiger partial charge in [0.2, 0.25) is 0 Å². The lowest BCUT2D eigenvalue weighted by Crippen LogP contribution is -2.44. The van der Waals surface area contributed by atoms with Gasteiger partial charge in [-0.1, -0.05) is 0 Å². The van der Waals surface area contributed by atoms with E-state index in [0.29, 0.717) is 11.6 Å². The summed E-state index contributed by atoms with van der Waals surface area (Å²) in [4.78, 5) is 24.2. The van der Waals surface area contributed by atoms with E-state index in [-0.39, 0.29) is 5.82 Å². The normalized spacial score (nSPS) is 17.6. The summed E-state index contributed by atoms with van der Waals surface area (Å²) in [5.74, 6) is 1.54. The van der Waals surface area contributed by atoms with Crippen LogP contribution in [0.25, 0.3) is 33.2 Å². The lowest BCUT2D eigenvalue weighted by atomic mass is 10.0. The van der Waals surface area contributed by atoms with Gasteiger partial charge in [-0.25, -0.2) is 19.3 Å². The number of pyridine rings is 2. The van der Waals surface area contributed by atoms with Gasteiger partial charge in [0.25, 0.3) is 0 Å². The molecule has 0 bridgehead atoms. The Kier molecular flexibility index (Phi) is 6.59. The van der Waals surface area contributed by atoms with E-state index in [1.54, 1.807) is 6.07 Å². The number of anilines is 3. The number of hydrogen-bond donors (Lipinski definition) is 2. The third kappa shape index (κ3) is 4.91. The Balaban J connectivity index is 1.21. The highest BCUT2D eigenvalue weighted by molar-refractivity contribution is 5.97. The summed E-state index contributed by atoms with van der Waals surface area (Å²) in [6.45, 7) is 8.03. The molecular weight excluding hydrogens is 517 g/mol. The van der Waals surface area contributed by atoms with Crippen molar-refractivity contribution in [3.63, 3.8) is 0 Å². The zero-order valence-corrected chi connectivity index (χ0v) is 23.9. The number of aromatic nitrogens is 5. The van der Waals surface area contributed by atoms with Gasteiger partial charge in [0.05, 0.1) is 17.4 Å². The smallest absolute Gasteiger partial charge is 0.151 e. The van der Waals surface area contributed by atoms with E-state index < -0.39 is 0 Å². The van der Waals surface area contributed by atoms with Gasteiger partial charge < -0.3 is 29.6 Å². The third-order valence-electron chi connectivity index (χ3n) is 8.68. The number of aromatic amines is 1. The fraction of sp³-hybridized carbons (Fsp3) is 0.387. The van der Waals surface area contributed by atoms with Crippen LogP contribution in [0.5, 0.6) is 0 Å². The highest BCUT2D eigenvalue weighted by atomic mass is 19.1. The molecule has 0 atom stereocenters. The molecule has 0 aliphatic carbocycles. The zero-order chi connectivity index (χ0) is 28.1. The van der Waals surface area contributed by atoms with Crippen molar-refractivity contribution in [2.45, 2.75) is 25.8 Å². The Bertz CT molecular complexity index is 1710. The van der Waals surface area contributed by atoms with Crippen LogP contribution in [0.4, 0.5) is 21.6 Å². The summed E-state index contributed by atoms with van der Waals surface area (Å²) >= 11 is 0. The zero-order valence-electron chi connectivity index (χ0n) is 23.9. The van der Waals surface area contributed by atoms with Gasteiger partial charge in [-0.05, 0) is 76.8 Å². The highest BCUT2D eigenvalue weighted by Crippen LogP contribution is 2.36. The number of rotatable bonds is 5. The third-order valence-corrected chi connectivity index (χ3v) is 8.68. The number of likely N-dealkylation sites (tertiary alicyclic amines) is 1. The molecule has 10 heteroatoms. The van der Waals surface area contributed by atoms with Crippen molar-refractivity contribution in [1.82, 2.24) is 34.3 Å². The Morgan fingerprint density at radius 2 is 1.71 bits per heavy atom. The van der Waals surface area contributed by atoms with Gasteiger partial charge in [0.15, 0.2) is 5.82 Å². The first kappa shape index (κ1) is 25.9. The SMILES string of the molecule is Cc1nc2c(F)cc(-c3c[nH]c4ncc(Nc5ccnc(N6CCN(C)CC6)c5)cc34)cc2n1C1CCN(C)CC1. The quantitative estimate of drug-likeness (QED) is 0.310. The summed E-state index contributed by atoms with van der Waals surface area (Å²) in [5.41, 5.74) is 5.61. The van der Waals surface area contributed by atoms with Crippen molar-refractivity contribution >= 4 is 39.3 Å². The first-order chi connectivity index (χ1) is 19.9. The molecule has 2 aliphatic rings. The van der Waals surface area contributed by atoms with Crippen molar-refractivity contribution in [3.8, 4) is 11.1 Å². The average Bonchev–Trinajstić information content (AvgIpc) is 3.54. The number of piperidine rings is 1. The number of hydrogen-bond acceptors (Lipinski definition) is 7. The number of imidazole rings is 1. The summed E-state index contributed by atoms with van der Waals surface area (Å²) < 4.78 is 17.8. The molecule has 9 nitrogen and oxygen atoms in total. The molecule has 2 fully saturated rings. The van der Waals surface area contributed by atoms with Gasteiger partial charge in [-0.15, -0.1) is 0 Å². The van der Waals surface area contributed by atoms with Gasteiger partial charge >= 0.3 is 0 Å². The van der Waals surface area contributed by atoms with Crippen LogP contribution < -0.4 is 10.2 Å². The highest BCUT2D eigenvalue weighted by Gasteiger charge is 2.24. The summed E-state index contributed by atoms with van der Waals surface area (Å²) in [6, 6.07) is 10.1. The number of halogens is 1. The number of benzene rings is 1. The number of nitrogens with zero attached hydrogens (tertiary/aromatic N) is 7. The lowest BCUT2D eigenvalue weighted by molar-refractivity contribution is 0.222. The van der Waals surface area contributed by atoms with Crippen molar-refractivity contribution in [3.05, 3.63) is 60.6 Å². The van der Waals surface area contributed by atoms with Gasteiger partial charge in [0.1, 0.15) is 22.8 Å². The molecule has 1 aromatic carbocycles. The minimum Gasteiger partial charge on any atom is -0.354 e. The summed E-state index contributed by atoms with van der Waals surface area (Å²) in [5, 5.41) is 4.44. The van der Waals surface area contributed by atoms with Crippen molar-refractivity contribution in [2.75, 3.05) is 63.6 Å². The molecule has 0 spiro atoms. The van der Waals surface area contributed by atoms with Crippen molar-refractivity contribution in [1.29, 1.82) is 0 Å². The van der Waals surface area contributed by atoms with Gasteiger partial charge in [-0.2, -0.15) is 0 Å². The van der Waals surface area contributed by atoms with E-state index in [9.17, 15) is 0 Å². The minimum atomic E-state index is -0.294. The van der Waals surface area contributed by atoms with Crippen LogP contribution in [-0.4, -0.2) is 87.7 Å². The molecule has 2 saturated heterocycles. The number of nitrogens with one attached hydrogen (secondary N) is 2. The van der Waals surface area contributed by atoms with E-state index >= 15 is 4.39 Å². The van der Waals surface area contributed by atoms with Crippen LogP contribution in [0.15, 0.2) is 48.9 Å². The summed E-state index contributed by atoms with van der Waals surface area (Å²) in [6.07, 6.45) is 7.65. The van der Waals surface area contributed by atoms with Gasteiger partial charge in [-0.3, -0.25) is 0 Å². The number of aryl methyl sites for hydroxylation is 1. The van der Waals surface area contributed by atoms with E-state index in [4.69, 9.17) is 0 Å². The molecule has 212 valence electrons. The first-order valence-corrected chi connectivity index (χ1v) is 14.4. The predicted octanol–water partition coefficient (Wildman–Crippen LogP) is 5.18. The molecule has 7 rings (SSSR count). The molecule has 0 saturated carbocycles. The van der Waals surface area contributed by atoms with Gasteiger partial charge in [0, 0.05) is 67.3 Å². The molecule has 41 heavy (non-hydrogen) atoms. The van der Waals surface area contributed by atoms with Crippen LogP contribution >= 0.6 is 0 Å². The fourth-order valence-corrected chi connectivity index (χ4v) is 6.32. The Hall–Kier alpha value is -4.02. The van der Waals surface area contributed by atoms with Crippen molar-refractivity contribution < 1.29 is 4.39 Å². The second-order valence-electron chi connectivity index (χ2n) is 11.5. The number of piperazine rings is 1. The molecule has 2 aliphatic heterocycles. The second kappa shape index (κ2) is 10.4. The Morgan fingerprint density at radius 3 is 2.51 bits per heavy atom. The maximum Gasteiger partial charge on any atom is 0.151 e. The van der Waals surface area contributed by atoms with Crippen LogP contribution in [0.2, 0.25) is 0 Å². The standard InChI is InChI=1S/C31H36FN9/c1-20-36-30-27(32)14-21(15-28(30)41(20)24-5-8-38(2)9-6-24)26-19-35-31-25(26)16-23(18-34-31)37-22-4-7-33-29(17-22)40-12-10-39(3)11-13-40/h4,7,14-19,24H,5-6,8-13H2,1-3H3,(H,33,37)(H,34,35). The van der Waals surface area contributed by atoms with E-state index in [1.165, 1.54) is 0 Å². The topological polar surface area (TPSA) is 81.1 Å². The molecule has 0 unspecified atom stereocenters. The molecule has 0 radical (unpaired) electrons.